The summed E-state index contributed by atoms with van der Waals surface area (Å²) in [5.74, 6) is -0.280. The lowest BCUT2D eigenvalue weighted by Crippen LogP contribution is -2.43. The Morgan fingerprint density at radius 1 is 1.24 bits per heavy atom. The van der Waals surface area contributed by atoms with E-state index in [4.69, 9.17) is 4.84 Å². The molecular formula is C16H21BrFNO2. The first-order chi connectivity index (χ1) is 9.71. The van der Waals surface area contributed by atoms with Gasteiger partial charge in [0.05, 0.1) is 5.41 Å². The van der Waals surface area contributed by atoms with Gasteiger partial charge in [-0.2, -0.15) is 0 Å². The molecule has 1 heterocycles. The average molecular weight is 358 g/mol. The molecule has 3 nitrogen and oxygen atoms in total. The Morgan fingerprint density at radius 3 is 2.24 bits per heavy atom. The molecule has 1 aromatic carbocycles. The Labute approximate surface area is 133 Å². The number of halogens is 2. The van der Waals surface area contributed by atoms with E-state index in [1.807, 2.05) is 12.1 Å². The molecule has 0 N–H and O–H groups in total. The van der Waals surface area contributed by atoms with Crippen LogP contribution >= 0.6 is 15.9 Å². The highest BCUT2D eigenvalue weighted by molar-refractivity contribution is 9.10. The van der Waals surface area contributed by atoms with Crippen LogP contribution in [0, 0.1) is 5.41 Å². The Balaban J connectivity index is 1.96. The molecule has 0 saturated carbocycles. The van der Waals surface area contributed by atoms with Gasteiger partial charge in [-0.05, 0) is 38.5 Å². The molecular weight excluding hydrogens is 337 g/mol. The standard InChI is InChI=1S/C16H21BrFNO2/c1-15(2,3)14(20)21-19-10-8-16(18,9-11-19)12-4-6-13(17)7-5-12/h4-7H,8-11H2,1-3H3. The molecule has 2 rings (SSSR count). The van der Waals surface area contributed by atoms with E-state index >= 15 is 0 Å². The topological polar surface area (TPSA) is 29.5 Å². The fourth-order valence-corrected chi connectivity index (χ4v) is 2.49. The maximum Gasteiger partial charge on any atom is 0.330 e. The minimum Gasteiger partial charge on any atom is -0.367 e. The summed E-state index contributed by atoms with van der Waals surface area (Å²) in [5.41, 5.74) is -1.20. The van der Waals surface area contributed by atoms with Crippen LogP contribution in [0.2, 0.25) is 0 Å². The summed E-state index contributed by atoms with van der Waals surface area (Å²) in [5, 5.41) is 1.57. The van der Waals surface area contributed by atoms with E-state index in [9.17, 15) is 9.18 Å². The Bertz CT molecular complexity index is 502. The van der Waals surface area contributed by atoms with Crippen LogP contribution in [-0.2, 0) is 15.3 Å². The normalized spacial score (nSPS) is 19.3. The molecule has 0 aromatic heterocycles. The highest BCUT2D eigenvalue weighted by Gasteiger charge is 2.38. The third-order valence-corrected chi connectivity index (χ3v) is 4.23. The van der Waals surface area contributed by atoms with Gasteiger partial charge >= 0.3 is 5.97 Å². The quantitative estimate of drug-likeness (QED) is 0.793. The number of carbonyl (C=O) groups is 1. The van der Waals surface area contributed by atoms with E-state index in [0.29, 0.717) is 31.5 Å². The second kappa shape index (κ2) is 6.05. The van der Waals surface area contributed by atoms with E-state index in [1.165, 1.54) is 0 Å². The van der Waals surface area contributed by atoms with Crippen molar-refractivity contribution < 1.29 is 14.0 Å². The lowest BCUT2D eigenvalue weighted by molar-refractivity contribution is -0.210. The number of hydrogen-bond donors (Lipinski definition) is 0. The zero-order valence-corrected chi connectivity index (χ0v) is 14.2. The third kappa shape index (κ3) is 4.04. The van der Waals surface area contributed by atoms with E-state index in [1.54, 1.807) is 38.0 Å². The van der Waals surface area contributed by atoms with Gasteiger partial charge in [0, 0.05) is 30.4 Å². The number of nitrogens with zero attached hydrogens (tertiary/aromatic N) is 1. The Kier molecular flexibility index (Phi) is 4.73. The smallest absolute Gasteiger partial charge is 0.330 e. The van der Waals surface area contributed by atoms with Gasteiger partial charge in [-0.15, -0.1) is 5.06 Å². The summed E-state index contributed by atoms with van der Waals surface area (Å²) in [6.07, 6.45) is 0.651. The molecule has 1 aliphatic heterocycles. The van der Waals surface area contributed by atoms with Gasteiger partial charge in [0.1, 0.15) is 5.67 Å². The first-order valence-corrected chi connectivity index (χ1v) is 7.92. The molecule has 0 atom stereocenters. The van der Waals surface area contributed by atoms with Gasteiger partial charge in [-0.3, -0.25) is 0 Å². The van der Waals surface area contributed by atoms with E-state index in [2.05, 4.69) is 15.9 Å². The number of hydrogen-bond acceptors (Lipinski definition) is 3. The van der Waals surface area contributed by atoms with E-state index in [-0.39, 0.29) is 5.97 Å². The number of hydroxylamine groups is 2. The highest BCUT2D eigenvalue weighted by Crippen LogP contribution is 2.37. The minimum absolute atomic E-state index is 0.280. The van der Waals surface area contributed by atoms with Crippen molar-refractivity contribution in [1.29, 1.82) is 0 Å². The maximum atomic E-state index is 15.0. The van der Waals surface area contributed by atoms with Gasteiger partial charge in [0.25, 0.3) is 0 Å². The summed E-state index contributed by atoms with van der Waals surface area (Å²) in [6, 6.07) is 7.31. The number of piperidine rings is 1. The molecule has 1 saturated heterocycles. The molecule has 21 heavy (non-hydrogen) atoms. The lowest BCUT2D eigenvalue weighted by Gasteiger charge is -2.36. The molecule has 5 heteroatoms. The average Bonchev–Trinajstić information content (AvgIpc) is 2.41. The second-order valence-corrected chi connectivity index (χ2v) is 7.45. The largest absolute Gasteiger partial charge is 0.367 e. The number of benzene rings is 1. The molecule has 0 radical (unpaired) electrons. The maximum absolute atomic E-state index is 15.0. The summed E-state index contributed by atoms with van der Waals surface area (Å²) in [7, 11) is 0. The molecule has 1 aromatic rings. The van der Waals surface area contributed by atoms with Crippen LogP contribution in [0.15, 0.2) is 28.7 Å². The van der Waals surface area contributed by atoms with Gasteiger partial charge in [0.15, 0.2) is 0 Å². The molecule has 1 aliphatic rings. The van der Waals surface area contributed by atoms with Crippen molar-refractivity contribution in [3.05, 3.63) is 34.3 Å². The van der Waals surface area contributed by atoms with Crippen LogP contribution in [0.25, 0.3) is 0 Å². The fourth-order valence-electron chi connectivity index (χ4n) is 2.22. The second-order valence-electron chi connectivity index (χ2n) is 6.53. The summed E-state index contributed by atoms with van der Waals surface area (Å²) >= 11 is 3.35. The van der Waals surface area contributed by atoms with Crippen LogP contribution in [0.4, 0.5) is 4.39 Å². The Hall–Kier alpha value is -0.940. The van der Waals surface area contributed by atoms with Crippen molar-refractivity contribution in [2.24, 2.45) is 5.41 Å². The van der Waals surface area contributed by atoms with Crippen LogP contribution < -0.4 is 0 Å². The van der Waals surface area contributed by atoms with E-state index < -0.39 is 11.1 Å². The zero-order chi connectivity index (χ0) is 15.7. The summed E-state index contributed by atoms with van der Waals surface area (Å²) in [6.45, 7) is 6.24. The van der Waals surface area contributed by atoms with Gasteiger partial charge in [-0.25, -0.2) is 9.18 Å². The van der Waals surface area contributed by atoms with Gasteiger partial charge in [-0.1, -0.05) is 28.1 Å². The molecule has 0 bridgehead atoms. The van der Waals surface area contributed by atoms with Crippen molar-refractivity contribution in [1.82, 2.24) is 5.06 Å². The number of carbonyl (C=O) groups excluding carboxylic acids is 1. The molecule has 0 unspecified atom stereocenters. The predicted molar refractivity (Wildman–Crippen MR) is 83.3 cm³/mol. The van der Waals surface area contributed by atoms with Crippen LogP contribution in [-0.4, -0.2) is 24.1 Å². The van der Waals surface area contributed by atoms with Crippen LogP contribution in [0.5, 0.6) is 0 Å². The summed E-state index contributed by atoms with van der Waals surface area (Å²) in [4.78, 5) is 17.2. The van der Waals surface area contributed by atoms with Crippen molar-refractivity contribution in [2.75, 3.05) is 13.1 Å². The highest BCUT2D eigenvalue weighted by atomic mass is 79.9. The van der Waals surface area contributed by atoms with Crippen molar-refractivity contribution in [3.63, 3.8) is 0 Å². The number of rotatable bonds is 2. The third-order valence-electron chi connectivity index (χ3n) is 3.70. The fraction of sp³-hybridized carbons (Fsp3) is 0.562. The van der Waals surface area contributed by atoms with Crippen molar-refractivity contribution >= 4 is 21.9 Å². The predicted octanol–water partition coefficient (Wildman–Crippen LogP) is 4.21. The molecule has 0 aliphatic carbocycles. The molecule has 0 amide bonds. The zero-order valence-electron chi connectivity index (χ0n) is 12.7. The first-order valence-electron chi connectivity index (χ1n) is 7.13. The first kappa shape index (κ1) is 16.4. The van der Waals surface area contributed by atoms with Gasteiger partial charge < -0.3 is 4.84 Å². The number of alkyl halides is 1. The van der Waals surface area contributed by atoms with Gasteiger partial charge in [0.2, 0.25) is 0 Å². The molecule has 116 valence electrons. The van der Waals surface area contributed by atoms with Crippen LogP contribution in [0.3, 0.4) is 0 Å². The molecule has 1 fully saturated rings. The van der Waals surface area contributed by atoms with Crippen LogP contribution in [0.1, 0.15) is 39.2 Å². The van der Waals surface area contributed by atoms with Crippen molar-refractivity contribution in [2.45, 2.75) is 39.3 Å². The van der Waals surface area contributed by atoms with E-state index in [0.717, 1.165) is 4.47 Å². The molecule has 0 spiro atoms. The Morgan fingerprint density at radius 2 is 1.76 bits per heavy atom. The van der Waals surface area contributed by atoms with Crippen molar-refractivity contribution in [3.8, 4) is 0 Å². The SMILES string of the molecule is CC(C)(C)C(=O)ON1CCC(F)(c2ccc(Br)cc2)CC1. The lowest BCUT2D eigenvalue weighted by atomic mass is 9.87. The summed E-state index contributed by atoms with van der Waals surface area (Å²) < 4.78 is 15.9. The monoisotopic (exact) mass is 357 g/mol. The minimum atomic E-state index is -1.34.